The van der Waals surface area contributed by atoms with Crippen molar-refractivity contribution >= 4 is 27.5 Å². The van der Waals surface area contributed by atoms with Crippen LogP contribution in [0.4, 0.5) is 0 Å². The average molecular weight is 411 g/mol. The van der Waals surface area contributed by atoms with Crippen molar-refractivity contribution < 1.29 is 0 Å². The summed E-state index contributed by atoms with van der Waals surface area (Å²) in [6, 6.07) is 8.04. The van der Waals surface area contributed by atoms with Crippen LogP contribution >= 0.6 is 15.9 Å². The second-order valence-corrected chi connectivity index (χ2v) is 6.45. The van der Waals surface area contributed by atoms with Crippen LogP contribution in [0.1, 0.15) is 32.3 Å². The molecular formula is C23H27BrN2. The van der Waals surface area contributed by atoms with Gasteiger partial charge in [0.25, 0.3) is 0 Å². The van der Waals surface area contributed by atoms with Gasteiger partial charge in [-0.1, -0.05) is 90.7 Å². The number of halogens is 1. The van der Waals surface area contributed by atoms with E-state index in [-0.39, 0.29) is 0 Å². The van der Waals surface area contributed by atoms with E-state index >= 15 is 0 Å². The maximum Gasteiger partial charge on any atom is 0.131 e. The summed E-state index contributed by atoms with van der Waals surface area (Å²) in [7, 11) is 0. The molecule has 2 nitrogen and oxygen atoms in total. The number of amidine groups is 1. The molecule has 1 aromatic rings. The molecule has 0 amide bonds. The smallest absolute Gasteiger partial charge is 0.131 e. The Morgan fingerprint density at radius 1 is 1.27 bits per heavy atom. The second kappa shape index (κ2) is 12.0. The fraction of sp³-hybridized carbons (Fsp3) is 0.174. The summed E-state index contributed by atoms with van der Waals surface area (Å²) in [5, 5.41) is 0. The monoisotopic (exact) mass is 410 g/mol. The summed E-state index contributed by atoms with van der Waals surface area (Å²) in [5.41, 5.74) is 10.1. The molecule has 0 aromatic heterocycles. The molecule has 0 heterocycles. The van der Waals surface area contributed by atoms with Gasteiger partial charge >= 0.3 is 0 Å². The zero-order valence-corrected chi connectivity index (χ0v) is 17.2. The Morgan fingerprint density at radius 3 is 2.62 bits per heavy atom. The number of benzene rings is 1. The van der Waals surface area contributed by atoms with Gasteiger partial charge in [-0.2, -0.15) is 0 Å². The van der Waals surface area contributed by atoms with Crippen molar-refractivity contribution in [2.45, 2.75) is 26.7 Å². The van der Waals surface area contributed by atoms with Gasteiger partial charge in [-0.05, 0) is 37.5 Å². The van der Waals surface area contributed by atoms with E-state index in [1.54, 1.807) is 6.08 Å². The molecule has 0 unspecified atom stereocenters. The summed E-state index contributed by atoms with van der Waals surface area (Å²) in [6.45, 7) is 11.6. The van der Waals surface area contributed by atoms with Crippen LogP contribution in [-0.4, -0.2) is 5.84 Å². The summed E-state index contributed by atoms with van der Waals surface area (Å²) in [6.07, 6.45) is 15.3. The van der Waals surface area contributed by atoms with Gasteiger partial charge in [0.15, 0.2) is 0 Å². The molecule has 2 N–H and O–H groups in total. The van der Waals surface area contributed by atoms with Gasteiger partial charge in [0.05, 0.1) is 5.70 Å². The highest BCUT2D eigenvalue weighted by Gasteiger charge is 2.05. The molecule has 26 heavy (non-hydrogen) atoms. The third-order valence-corrected chi connectivity index (χ3v) is 4.13. The minimum Gasteiger partial charge on any atom is -0.383 e. The van der Waals surface area contributed by atoms with E-state index in [1.165, 1.54) is 5.57 Å². The summed E-state index contributed by atoms with van der Waals surface area (Å²) in [5.74, 6) is 0.469. The summed E-state index contributed by atoms with van der Waals surface area (Å²) in [4.78, 5) is 4.70. The van der Waals surface area contributed by atoms with Gasteiger partial charge < -0.3 is 5.73 Å². The largest absolute Gasteiger partial charge is 0.383 e. The molecule has 0 aliphatic carbocycles. The molecule has 0 atom stereocenters. The third kappa shape index (κ3) is 7.24. The number of allylic oxidation sites excluding steroid dienone is 7. The lowest BCUT2D eigenvalue weighted by Crippen LogP contribution is -2.13. The van der Waals surface area contributed by atoms with Crippen LogP contribution in [0.5, 0.6) is 0 Å². The van der Waals surface area contributed by atoms with E-state index in [0.29, 0.717) is 5.84 Å². The van der Waals surface area contributed by atoms with Crippen molar-refractivity contribution in [3.8, 4) is 0 Å². The van der Waals surface area contributed by atoms with E-state index in [2.05, 4.69) is 48.2 Å². The molecule has 0 aliphatic heterocycles. The van der Waals surface area contributed by atoms with Gasteiger partial charge in [0.2, 0.25) is 0 Å². The Hall–Kier alpha value is -2.39. The molecule has 136 valence electrons. The Kier molecular flexibility index (Phi) is 10.0. The standard InChI is InChI=1S/C23H27BrN2/c1-5-9-12-19(8-4)23(25)26-22(16-15-18(7-3)11-6-2)20-13-10-14-21(24)17-20/h5,7-14,16-17H,1,3,6,15H2,2,4H3,(H2,25,26)/b12-9-,18-11+,19-8+,22-16-. The second-order valence-electron chi connectivity index (χ2n) is 5.53. The van der Waals surface area contributed by atoms with Crippen molar-refractivity contribution in [2.75, 3.05) is 0 Å². The summed E-state index contributed by atoms with van der Waals surface area (Å²) < 4.78 is 1.00. The van der Waals surface area contributed by atoms with Gasteiger partial charge in [-0.25, -0.2) is 4.99 Å². The first-order chi connectivity index (χ1) is 12.5. The molecule has 3 heteroatoms. The predicted octanol–water partition coefficient (Wildman–Crippen LogP) is 6.75. The first kappa shape index (κ1) is 21.7. The van der Waals surface area contributed by atoms with Crippen LogP contribution in [0.3, 0.4) is 0 Å². The number of hydrogen-bond donors (Lipinski definition) is 1. The molecule has 0 aliphatic rings. The molecule has 0 spiro atoms. The molecule has 0 fully saturated rings. The zero-order chi connectivity index (χ0) is 19.4. The molecule has 1 rings (SSSR count). The van der Waals surface area contributed by atoms with Crippen molar-refractivity contribution in [3.63, 3.8) is 0 Å². The first-order valence-electron chi connectivity index (χ1n) is 8.63. The molecular weight excluding hydrogens is 384 g/mol. The molecule has 1 aromatic carbocycles. The highest BCUT2D eigenvalue weighted by Crippen LogP contribution is 2.23. The maximum atomic E-state index is 6.25. The average Bonchev–Trinajstić information content (AvgIpc) is 2.64. The van der Waals surface area contributed by atoms with E-state index in [4.69, 9.17) is 10.7 Å². The Morgan fingerprint density at radius 2 is 2.04 bits per heavy atom. The van der Waals surface area contributed by atoms with Crippen molar-refractivity contribution in [2.24, 2.45) is 10.7 Å². The van der Waals surface area contributed by atoms with Crippen LogP contribution < -0.4 is 5.73 Å². The minimum atomic E-state index is 0.469. The zero-order valence-electron chi connectivity index (χ0n) is 15.6. The van der Waals surface area contributed by atoms with Gasteiger partial charge in [-0.15, -0.1) is 0 Å². The predicted molar refractivity (Wildman–Crippen MR) is 120 cm³/mol. The van der Waals surface area contributed by atoms with Gasteiger partial charge in [0.1, 0.15) is 5.84 Å². The van der Waals surface area contributed by atoms with E-state index < -0.39 is 0 Å². The number of hydrogen-bond acceptors (Lipinski definition) is 1. The molecule has 0 radical (unpaired) electrons. The summed E-state index contributed by atoms with van der Waals surface area (Å²) >= 11 is 3.52. The lowest BCUT2D eigenvalue weighted by atomic mass is 10.1. The number of nitrogens with two attached hydrogens (primary N) is 1. The number of nitrogens with zero attached hydrogens (tertiary/aromatic N) is 1. The normalized spacial score (nSPS) is 14.0. The highest BCUT2D eigenvalue weighted by atomic mass is 79.9. The van der Waals surface area contributed by atoms with Crippen molar-refractivity contribution in [1.29, 1.82) is 0 Å². The lowest BCUT2D eigenvalue weighted by molar-refractivity contribution is 1.16. The first-order valence-corrected chi connectivity index (χ1v) is 9.42. The van der Waals surface area contributed by atoms with E-state index in [9.17, 15) is 0 Å². The lowest BCUT2D eigenvalue weighted by Gasteiger charge is -2.08. The minimum absolute atomic E-state index is 0.469. The van der Waals surface area contributed by atoms with Crippen molar-refractivity contribution in [3.05, 3.63) is 101 Å². The number of rotatable bonds is 9. The quantitative estimate of drug-likeness (QED) is 0.273. The fourth-order valence-corrected chi connectivity index (χ4v) is 2.70. The van der Waals surface area contributed by atoms with E-state index in [1.807, 2.05) is 55.5 Å². The maximum absolute atomic E-state index is 6.25. The Balaban J connectivity index is 3.34. The van der Waals surface area contributed by atoms with Crippen LogP contribution in [0.2, 0.25) is 0 Å². The Labute approximate surface area is 166 Å². The van der Waals surface area contributed by atoms with Crippen LogP contribution in [0, 0.1) is 0 Å². The van der Waals surface area contributed by atoms with Crippen LogP contribution in [-0.2, 0) is 0 Å². The molecule has 0 saturated carbocycles. The topological polar surface area (TPSA) is 38.4 Å². The molecule has 0 bridgehead atoms. The van der Waals surface area contributed by atoms with Crippen LogP contribution in [0.25, 0.3) is 5.70 Å². The van der Waals surface area contributed by atoms with Crippen LogP contribution in [0.15, 0.2) is 101 Å². The SMILES string of the molecule is C=C\C=C/C(=C\C)C(/N)=N\C(=C/C/C(C=C)=C/CC)c1cccc(Br)c1. The molecule has 0 saturated heterocycles. The number of aliphatic imine (C=N–C) groups is 1. The highest BCUT2D eigenvalue weighted by molar-refractivity contribution is 9.10. The Bertz CT molecular complexity index is 777. The fourth-order valence-electron chi connectivity index (χ4n) is 2.30. The van der Waals surface area contributed by atoms with Gasteiger partial charge in [-0.3, -0.25) is 0 Å². The van der Waals surface area contributed by atoms with E-state index in [0.717, 1.165) is 34.1 Å². The van der Waals surface area contributed by atoms with Crippen molar-refractivity contribution in [1.82, 2.24) is 0 Å². The van der Waals surface area contributed by atoms with Gasteiger partial charge in [0, 0.05) is 15.6 Å². The third-order valence-electron chi connectivity index (χ3n) is 3.64.